The minimum absolute atomic E-state index is 0.0859. The van der Waals surface area contributed by atoms with E-state index in [0.29, 0.717) is 19.3 Å². The largest absolute Gasteiger partial charge is 0.454 e. The van der Waals surface area contributed by atoms with E-state index in [4.69, 9.17) is 14.2 Å². The SMILES string of the molecule is CCCCC/C=C\C/C=C\C/C=C\C/C=C\CCCCCC(=O)OC1C(OCC(NC(=O)C(O)CCCCCCCCCCCCCCCC)C(O)/C=C/CCCCCCCCCCCCC)OC(CO)C(O)C1O. The first-order chi connectivity index (χ1) is 36.7. The van der Waals surface area contributed by atoms with Crippen molar-refractivity contribution in [2.45, 2.75) is 320 Å². The van der Waals surface area contributed by atoms with Crippen LogP contribution in [0, 0.1) is 0 Å². The monoisotopic (exact) mass is 1060 g/mol. The molecule has 75 heavy (non-hydrogen) atoms. The van der Waals surface area contributed by atoms with Crippen LogP contribution in [0.2, 0.25) is 0 Å². The fourth-order valence-corrected chi connectivity index (χ4v) is 9.46. The molecule has 11 nitrogen and oxygen atoms in total. The molecule has 0 radical (unpaired) electrons. The Labute approximate surface area is 458 Å². The molecule has 0 aromatic carbocycles. The maximum absolute atomic E-state index is 13.4. The number of hydrogen-bond acceptors (Lipinski definition) is 10. The highest BCUT2D eigenvalue weighted by Crippen LogP contribution is 2.26. The van der Waals surface area contributed by atoms with Gasteiger partial charge < -0.3 is 45.1 Å². The first-order valence-corrected chi connectivity index (χ1v) is 31.1. The second-order valence-electron chi connectivity index (χ2n) is 21.4. The van der Waals surface area contributed by atoms with Gasteiger partial charge in [0.05, 0.1) is 25.4 Å². The van der Waals surface area contributed by atoms with Crippen molar-refractivity contribution in [3.63, 3.8) is 0 Å². The summed E-state index contributed by atoms with van der Waals surface area (Å²) in [6, 6.07) is -1.03. The van der Waals surface area contributed by atoms with Crippen LogP contribution in [0.4, 0.5) is 0 Å². The highest BCUT2D eigenvalue weighted by molar-refractivity contribution is 5.80. The molecular weight excluding hydrogens is 943 g/mol. The van der Waals surface area contributed by atoms with Gasteiger partial charge in [0.25, 0.3) is 0 Å². The van der Waals surface area contributed by atoms with Gasteiger partial charge in [-0.3, -0.25) is 9.59 Å². The number of allylic oxidation sites excluding steroid dienone is 9. The summed E-state index contributed by atoms with van der Waals surface area (Å²) in [5, 5.41) is 57.0. The smallest absolute Gasteiger partial charge is 0.306 e. The highest BCUT2D eigenvalue weighted by Gasteiger charge is 2.47. The van der Waals surface area contributed by atoms with Crippen LogP contribution in [0.25, 0.3) is 0 Å². The number of rotatable bonds is 52. The van der Waals surface area contributed by atoms with Gasteiger partial charge >= 0.3 is 5.97 Å². The highest BCUT2D eigenvalue weighted by atomic mass is 16.7. The lowest BCUT2D eigenvalue weighted by atomic mass is 9.99. The number of hydrogen-bond donors (Lipinski definition) is 6. The molecule has 436 valence electrons. The predicted octanol–water partition coefficient (Wildman–Crippen LogP) is 14.6. The molecule has 0 aromatic rings. The van der Waals surface area contributed by atoms with Gasteiger partial charge in [0, 0.05) is 6.42 Å². The second kappa shape index (κ2) is 52.1. The van der Waals surface area contributed by atoms with Gasteiger partial charge in [0.2, 0.25) is 5.91 Å². The third kappa shape index (κ3) is 40.2. The summed E-state index contributed by atoms with van der Waals surface area (Å²) in [6.45, 7) is 5.75. The Morgan fingerprint density at radius 1 is 0.520 bits per heavy atom. The Kier molecular flexibility index (Phi) is 48.9. The number of aliphatic hydroxyl groups excluding tert-OH is 5. The second-order valence-corrected chi connectivity index (χ2v) is 21.4. The van der Waals surface area contributed by atoms with Crippen LogP contribution in [0.5, 0.6) is 0 Å². The molecule has 0 aliphatic carbocycles. The van der Waals surface area contributed by atoms with Crippen LogP contribution in [0.15, 0.2) is 60.8 Å². The third-order valence-corrected chi connectivity index (χ3v) is 14.4. The first-order valence-electron chi connectivity index (χ1n) is 31.1. The summed E-state index contributed by atoms with van der Waals surface area (Å²) in [5.74, 6) is -1.22. The normalized spacial score (nSPS) is 19.6. The van der Waals surface area contributed by atoms with Crippen molar-refractivity contribution < 1.29 is 49.3 Å². The van der Waals surface area contributed by atoms with Crippen LogP contribution in [0.3, 0.4) is 0 Å². The van der Waals surface area contributed by atoms with E-state index in [2.05, 4.69) is 74.7 Å². The number of amides is 1. The van der Waals surface area contributed by atoms with Crippen LogP contribution in [0.1, 0.15) is 271 Å². The number of carbonyl (C=O) groups is 2. The fraction of sp³-hybridized carbons (Fsp3) is 0.812. The summed E-state index contributed by atoms with van der Waals surface area (Å²) in [6.07, 6.45) is 53.9. The average molecular weight is 1060 g/mol. The molecule has 1 saturated heterocycles. The Bertz CT molecular complexity index is 1450. The summed E-state index contributed by atoms with van der Waals surface area (Å²) in [4.78, 5) is 26.5. The molecule has 0 spiro atoms. The quantitative estimate of drug-likeness (QED) is 0.0195. The number of esters is 1. The number of unbranched alkanes of at least 4 members (excludes halogenated alkanes) is 30. The van der Waals surface area contributed by atoms with Crippen molar-refractivity contribution in [2.75, 3.05) is 13.2 Å². The molecule has 0 aromatic heterocycles. The van der Waals surface area contributed by atoms with Crippen LogP contribution < -0.4 is 5.32 Å². The molecular formula is C64H115NO10. The van der Waals surface area contributed by atoms with Crippen LogP contribution >= 0.6 is 0 Å². The summed E-state index contributed by atoms with van der Waals surface area (Å²) in [7, 11) is 0. The molecule has 0 bridgehead atoms. The Morgan fingerprint density at radius 2 is 0.920 bits per heavy atom. The zero-order valence-electron chi connectivity index (χ0n) is 48.2. The first kappa shape index (κ1) is 70.4. The van der Waals surface area contributed by atoms with E-state index in [1.165, 1.54) is 148 Å². The Balaban J connectivity index is 2.72. The summed E-state index contributed by atoms with van der Waals surface area (Å²) < 4.78 is 17.6. The summed E-state index contributed by atoms with van der Waals surface area (Å²) in [5.41, 5.74) is 0. The van der Waals surface area contributed by atoms with Crippen LogP contribution in [-0.2, 0) is 23.8 Å². The van der Waals surface area contributed by atoms with Crippen molar-refractivity contribution in [1.82, 2.24) is 5.32 Å². The molecule has 1 aliphatic heterocycles. The van der Waals surface area contributed by atoms with Crippen LogP contribution in [-0.4, -0.2) is 99.6 Å². The molecule has 11 heteroatoms. The lowest BCUT2D eigenvalue weighted by Crippen LogP contribution is -2.61. The van der Waals surface area contributed by atoms with E-state index in [1.807, 2.05) is 6.08 Å². The van der Waals surface area contributed by atoms with Crippen molar-refractivity contribution in [1.29, 1.82) is 0 Å². The molecule has 1 fully saturated rings. The lowest BCUT2D eigenvalue weighted by Gasteiger charge is -2.41. The van der Waals surface area contributed by atoms with Crippen molar-refractivity contribution >= 4 is 11.9 Å². The van der Waals surface area contributed by atoms with E-state index >= 15 is 0 Å². The fourth-order valence-electron chi connectivity index (χ4n) is 9.46. The molecule has 8 atom stereocenters. The molecule has 0 saturated carbocycles. The Hall–Kier alpha value is -2.64. The van der Waals surface area contributed by atoms with Gasteiger partial charge in [-0.05, 0) is 70.6 Å². The maximum atomic E-state index is 13.4. The molecule has 1 amide bonds. The predicted molar refractivity (Wildman–Crippen MR) is 310 cm³/mol. The molecule has 1 aliphatic rings. The average Bonchev–Trinajstić information content (AvgIpc) is 3.41. The minimum Gasteiger partial charge on any atom is -0.454 e. The van der Waals surface area contributed by atoms with Gasteiger partial charge in [-0.1, -0.05) is 255 Å². The van der Waals surface area contributed by atoms with Gasteiger partial charge in [-0.15, -0.1) is 0 Å². The van der Waals surface area contributed by atoms with Crippen molar-refractivity contribution in [3.8, 4) is 0 Å². The molecule has 1 heterocycles. The van der Waals surface area contributed by atoms with Gasteiger partial charge in [-0.25, -0.2) is 0 Å². The van der Waals surface area contributed by atoms with E-state index in [-0.39, 0.29) is 13.0 Å². The molecule has 1 rings (SSSR count). The molecule has 6 N–H and O–H groups in total. The molecule has 8 unspecified atom stereocenters. The zero-order valence-corrected chi connectivity index (χ0v) is 48.2. The van der Waals surface area contributed by atoms with Gasteiger partial charge in [0.15, 0.2) is 12.4 Å². The van der Waals surface area contributed by atoms with E-state index in [0.717, 1.165) is 77.0 Å². The minimum atomic E-state index is -1.63. The number of carbonyl (C=O) groups excluding carboxylic acids is 2. The number of aliphatic hydroxyl groups is 5. The van der Waals surface area contributed by atoms with Crippen molar-refractivity contribution in [3.05, 3.63) is 60.8 Å². The number of nitrogens with one attached hydrogen (secondary N) is 1. The van der Waals surface area contributed by atoms with E-state index in [9.17, 15) is 35.1 Å². The lowest BCUT2D eigenvalue weighted by molar-refractivity contribution is -0.305. The third-order valence-electron chi connectivity index (χ3n) is 14.4. The zero-order chi connectivity index (χ0) is 54.7. The topological polar surface area (TPSA) is 175 Å². The standard InChI is InChI=1S/C64H115NO10/c1-4-7-10-13-16-19-22-25-27-28-29-30-31-34-37-40-43-46-49-52-59(69)75-62-61(71)60(70)58(53-66)74-64(62)73-54-55(56(67)50-47-44-41-38-35-32-24-21-18-15-12-9-6-3)65-63(72)57(68)51-48-45-42-39-36-33-26-23-20-17-14-11-8-5-2/h16,19,25,27,29-30,34,37,47,50,55-58,60-62,64,66-68,70-71H,4-15,17-18,20-24,26,28,31-33,35-36,38-46,48-49,51-54H2,1-3H3,(H,65,72)/b19-16-,27-25-,30-29-,37-34-,50-47+. The van der Waals surface area contributed by atoms with E-state index < -0.39 is 67.4 Å². The Morgan fingerprint density at radius 3 is 1.40 bits per heavy atom. The maximum Gasteiger partial charge on any atom is 0.306 e. The summed E-state index contributed by atoms with van der Waals surface area (Å²) >= 11 is 0. The van der Waals surface area contributed by atoms with Crippen molar-refractivity contribution in [2.24, 2.45) is 0 Å². The van der Waals surface area contributed by atoms with Gasteiger partial charge in [0.1, 0.15) is 24.4 Å². The van der Waals surface area contributed by atoms with Gasteiger partial charge in [-0.2, -0.15) is 0 Å². The van der Waals surface area contributed by atoms with E-state index in [1.54, 1.807) is 6.08 Å². The number of ether oxygens (including phenoxy) is 3.